The van der Waals surface area contributed by atoms with Crippen LogP contribution in [0.5, 0.6) is 11.5 Å². The van der Waals surface area contributed by atoms with Gasteiger partial charge in [0.25, 0.3) is 7.37 Å². The molecule has 3 fully saturated rings. The minimum Gasteiger partial charge on any atom is -0.497 e. The molecule has 60 heavy (non-hydrogen) atoms. The molecule has 4 aromatic rings. The Hall–Kier alpha value is -4.98. The highest BCUT2D eigenvalue weighted by atomic mass is 32.1. The first-order valence-electron chi connectivity index (χ1n) is 20.5. The summed E-state index contributed by atoms with van der Waals surface area (Å²) < 4.78 is 32.3. The topological polar surface area (TPSA) is 181 Å². The normalized spacial score (nSPS) is 23.1. The second-order valence-electron chi connectivity index (χ2n) is 17.3. The Balaban J connectivity index is 1.23. The largest absolute Gasteiger partial charge is 0.497 e. The number of thiazole rings is 1. The first kappa shape index (κ1) is 43.1. The third-order valence-corrected chi connectivity index (χ3v) is 15.0. The van der Waals surface area contributed by atoms with Gasteiger partial charge in [-0.15, -0.1) is 17.9 Å². The number of nitrogens with one attached hydrogen (secondary N) is 3. The number of aromatic nitrogens is 2. The van der Waals surface area contributed by atoms with Crippen LogP contribution in [-0.4, -0.2) is 86.9 Å². The summed E-state index contributed by atoms with van der Waals surface area (Å²) in [6, 6.07) is 13.5. The van der Waals surface area contributed by atoms with Crippen LogP contribution in [0.25, 0.3) is 22.3 Å². The van der Waals surface area contributed by atoms with Crippen molar-refractivity contribution in [2.24, 2.45) is 11.3 Å². The summed E-state index contributed by atoms with van der Waals surface area (Å²) in [6.07, 6.45) is 3.64. The van der Waals surface area contributed by atoms with Crippen LogP contribution < -0.4 is 30.7 Å². The average molecular weight is 859 g/mol. The number of anilines is 1. The number of hydrogen-bond acceptors (Lipinski definition) is 11. The zero-order valence-electron chi connectivity index (χ0n) is 35.0. The smallest absolute Gasteiger partial charge is 0.408 e. The molecule has 3 amide bonds. The zero-order valence-corrected chi connectivity index (χ0v) is 36.7. The van der Waals surface area contributed by atoms with Crippen LogP contribution in [-0.2, 0) is 18.9 Å². The Labute approximate surface area is 354 Å². The molecule has 1 unspecified atom stereocenters. The van der Waals surface area contributed by atoms with Crippen LogP contribution >= 0.6 is 18.7 Å². The van der Waals surface area contributed by atoms with E-state index in [0.717, 1.165) is 30.8 Å². The molecule has 2 aromatic heterocycles. The van der Waals surface area contributed by atoms with Gasteiger partial charge < -0.3 is 40.0 Å². The highest BCUT2D eigenvalue weighted by Gasteiger charge is 2.66. The first-order valence-corrected chi connectivity index (χ1v) is 23.1. The van der Waals surface area contributed by atoms with Crippen molar-refractivity contribution in [1.82, 2.24) is 25.5 Å². The number of methoxy groups -OCH3 is 1. The number of carbonyl (C=O) groups excluding carboxylic acids is 3. The van der Waals surface area contributed by atoms with E-state index < -0.39 is 60.1 Å². The SMILES string of the molecule is C=C[C@@H]1C[C@]1(NC(=O)[C@@H]1C[C@@H](Oc2cc(-c3csc(NC(C)C)n3)nc3cc(OC)ccc23)CN1C(=O)[C@@H](NC(=O)OC1CCCC1)C(C)(C)C)P(=O)(O)c1ccccc1. The monoisotopic (exact) mass is 858 g/mol. The number of amides is 3. The molecule has 0 bridgehead atoms. The van der Waals surface area contributed by atoms with Crippen LogP contribution in [0.2, 0.25) is 0 Å². The van der Waals surface area contributed by atoms with Crippen LogP contribution in [0.1, 0.15) is 73.1 Å². The van der Waals surface area contributed by atoms with Gasteiger partial charge in [-0.1, -0.05) is 45.0 Å². The predicted octanol–water partition coefficient (Wildman–Crippen LogP) is 7.23. The standard InChI is InChI=1S/C44H55N6O8PS/c1-8-27-23-44(27,59(54,55)31-16-10-9-11-17-31)49-39(51)36-21-30(24-50(36)40(52)38(43(4,5)6)48-42(53)58-28-14-12-13-15-28)57-37-22-34(35-25-60-41(47-35)45-26(2)3)46-33-20-29(56-7)18-19-32(33)37/h8-11,16-20,22,25-28,30,36,38H,1,12-15,21,23-24H2,2-7H3,(H,45,47)(H,48,53)(H,49,51)(H,54,55)/t27-,30-,36+,38-,44+/m1/s1. The molecule has 1 saturated heterocycles. The number of carbonyl (C=O) groups is 3. The molecule has 2 aromatic carbocycles. The Morgan fingerprint density at radius 1 is 1.05 bits per heavy atom. The summed E-state index contributed by atoms with van der Waals surface area (Å²) in [4.78, 5) is 65.6. The van der Waals surface area contributed by atoms with E-state index in [2.05, 4.69) is 22.5 Å². The van der Waals surface area contributed by atoms with Gasteiger partial charge in [-0.25, -0.2) is 14.8 Å². The number of ether oxygens (including phenoxy) is 3. The molecule has 3 heterocycles. The minimum atomic E-state index is -4.21. The molecule has 2 aliphatic carbocycles. The maximum Gasteiger partial charge on any atom is 0.408 e. The van der Waals surface area contributed by atoms with Crippen molar-refractivity contribution in [3.05, 3.63) is 72.6 Å². The third-order valence-electron chi connectivity index (χ3n) is 11.5. The molecule has 4 N–H and O–H groups in total. The molecule has 2 saturated carbocycles. The van der Waals surface area contributed by atoms with Gasteiger partial charge in [-0.05, 0) is 75.6 Å². The molecular formula is C44H55N6O8PS. The molecular weight excluding hydrogens is 804 g/mol. The van der Waals surface area contributed by atoms with Gasteiger partial charge in [-0.2, -0.15) is 0 Å². The Kier molecular flexibility index (Phi) is 12.3. The highest BCUT2D eigenvalue weighted by Crippen LogP contribution is 2.68. The maximum atomic E-state index is 14.9. The summed E-state index contributed by atoms with van der Waals surface area (Å²) in [7, 11) is -2.63. The molecule has 0 radical (unpaired) electrons. The van der Waals surface area contributed by atoms with Crippen LogP contribution in [0, 0.1) is 11.3 Å². The quantitative estimate of drug-likeness (QED) is 0.0742. The summed E-state index contributed by atoms with van der Waals surface area (Å²) in [5.41, 5.74) is 0.997. The number of alkyl carbamates (subject to hydrolysis) is 1. The second-order valence-corrected chi connectivity index (χ2v) is 20.7. The lowest BCUT2D eigenvalue weighted by Gasteiger charge is -2.36. The lowest BCUT2D eigenvalue weighted by atomic mass is 9.85. The fourth-order valence-corrected chi connectivity index (χ4v) is 11.3. The molecule has 16 heteroatoms. The van der Waals surface area contributed by atoms with Crippen molar-refractivity contribution < 1.29 is 38.1 Å². The number of pyridine rings is 1. The van der Waals surface area contributed by atoms with E-state index in [-0.39, 0.29) is 36.8 Å². The van der Waals surface area contributed by atoms with Crippen molar-refractivity contribution in [3.8, 4) is 22.9 Å². The van der Waals surface area contributed by atoms with E-state index in [1.54, 1.807) is 61.7 Å². The molecule has 1 aliphatic heterocycles. The van der Waals surface area contributed by atoms with Gasteiger partial charge in [0.2, 0.25) is 11.8 Å². The second kappa shape index (κ2) is 17.2. The zero-order chi connectivity index (χ0) is 43.0. The van der Waals surface area contributed by atoms with E-state index in [0.29, 0.717) is 33.8 Å². The van der Waals surface area contributed by atoms with Crippen LogP contribution in [0.4, 0.5) is 9.93 Å². The summed E-state index contributed by atoms with van der Waals surface area (Å²) in [5.74, 6) is -0.533. The van der Waals surface area contributed by atoms with Crippen LogP contribution in [0.3, 0.4) is 0 Å². The number of likely N-dealkylation sites (tertiary alicyclic amines) is 1. The van der Waals surface area contributed by atoms with Gasteiger partial charge in [0.05, 0.1) is 24.9 Å². The number of rotatable bonds is 14. The van der Waals surface area contributed by atoms with Gasteiger partial charge >= 0.3 is 6.09 Å². The van der Waals surface area contributed by atoms with E-state index in [1.165, 1.54) is 16.2 Å². The van der Waals surface area contributed by atoms with E-state index >= 15 is 0 Å². The Morgan fingerprint density at radius 2 is 1.78 bits per heavy atom. The van der Waals surface area contributed by atoms with Crippen molar-refractivity contribution >= 4 is 58.0 Å². The number of fused-ring (bicyclic) bond motifs is 1. The lowest BCUT2D eigenvalue weighted by molar-refractivity contribution is -0.142. The summed E-state index contributed by atoms with van der Waals surface area (Å²) in [6.45, 7) is 13.4. The van der Waals surface area contributed by atoms with Crippen molar-refractivity contribution in [3.63, 3.8) is 0 Å². The summed E-state index contributed by atoms with van der Waals surface area (Å²) in [5, 5.41) is 11.1. The minimum absolute atomic E-state index is 0.0231. The molecule has 320 valence electrons. The van der Waals surface area contributed by atoms with Gasteiger partial charge in [0, 0.05) is 46.6 Å². The molecule has 3 aliphatic rings. The van der Waals surface area contributed by atoms with E-state index in [9.17, 15) is 23.8 Å². The Morgan fingerprint density at radius 3 is 2.43 bits per heavy atom. The van der Waals surface area contributed by atoms with Crippen molar-refractivity contribution in [2.45, 2.75) is 109 Å². The predicted molar refractivity (Wildman–Crippen MR) is 233 cm³/mol. The molecule has 14 nitrogen and oxygen atoms in total. The van der Waals surface area contributed by atoms with Gasteiger partial charge in [-0.3, -0.25) is 14.2 Å². The fourth-order valence-electron chi connectivity index (χ4n) is 8.19. The molecule has 0 spiro atoms. The van der Waals surface area contributed by atoms with E-state index in [1.807, 2.05) is 46.1 Å². The molecule has 7 rings (SSSR count). The fraction of sp³-hybridized carbons (Fsp3) is 0.477. The first-order chi connectivity index (χ1) is 28.5. The Bertz CT molecular complexity index is 2290. The van der Waals surface area contributed by atoms with Crippen LogP contribution in [0.15, 0.2) is 72.6 Å². The number of nitrogens with zero attached hydrogens (tertiary/aromatic N) is 3. The number of benzene rings is 2. The molecule has 6 atom stereocenters. The maximum absolute atomic E-state index is 14.9. The van der Waals surface area contributed by atoms with E-state index in [4.69, 9.17) is 24.2 Å². The highest BCUT2D eigenvalue weighted by molar-refractivity contribution is 7.68. The van der Waals surface area contributed by atoms with Gasteiger partial charge in [0.15, 0.2) is 5.13 Å². The van der Waals surface area contributed by atoms with Gasteiger partial charge in [0.1, 0.15) is 46.8 Å². The van der Waals surface area contributed by atoms with Crippen molar-refractivity contribution in [2.75, 3.05) is 19.0 Å². The average Bonchev–Trinajstić information content (AvgIpc) is 3.61. The third kappa shape index (κ3) is 8.89. The van der Waals surface area contributed by atoms with Crippen molar-refractivity contribution in [1.29, 1.82) is 0 Å². The number of hydrogen-bond donors (Lipinski definition) is 4. The lowest BCUT2D eigenvalue weighted by Crippen LogP contribution is -2.58. The summed E-state index contributed by atoms with van der Waals surface area (Å²) >= 11 is 1.46.